The summed E-state index contributed by atoms with van der Waals surface area (Å²) in [6.45, 7) is 0.374. The minimum absolute atomic E-state index is 0.0571. The molecule has 4 nitrogen and oxygen atoms in total. The van der Waals surface area contributed by atoms with Crippen LogP contribution < -0.4 is 0 Å². The summed E-state index contributed by atoms with van der Waals surface area (Å²) < 4.78 is 23.5. The standard InChI is InChI=1S/C18H17NO3S/c20-18(16-9-5-2-6-10-16)19(13-15-7-3-1-4-8-15)17-11-12-23(21,22)14-17/h1-12,17H,13-14H2. The highest BCUT2D eigenvalue weighted by Gasteiger charge is 2.30. The van der Waals surface area contributed by atoms with E-state index < -0.39 is 15.9 Å². The zero-order valence-corrected chi connectivity index (χ0v) is 13.3. The number of nitrogens with zero attached hydrogens (tertiary/aromatic N) is 1. The Hall–Kier alpha value is -2.40. The molecule has 0 saturated heterocycles. The fourth-order valence-corrected chi connectivity index (χ4v) is 3.92. The van der Waals surface area contributed by atoms with Crippen molar-refractivity contribution in [2.45, 2.75) is 12.6 Å². The molecule has 118 valence electrons. The molecular formula is C18H17NO3S. The molecule has 0 bridgehead atoms. The monoisotopic (exact) mass is 327 g/mol. The molecule has 0 fully saturated rings. The predicted molar refractivity (Wildman–Crippen MR) is 89.5 cm³/mol. The van der Waals surface area contributed by atoms with Crippen LogP contribution in [0, 0.1) is 0 Å². The van der Waals surface area contributed by atoms with Crippen molar-refractivity contribution in [3.63, 3.8) is 0 Å². The lowest BCUT2D eigenvalue weighted by Gasteiger charge is -2.28. The largest absolute Gasteiger partial charge is 0.327 e. The summed E-state index contributed by atoms with van der Waals surface area (Å²) in [4.78, 5) is 14.5. The molecule has 0 aromatic heterocycles. The third-order valence-electron chi connectivity index (χ3n) is 3.79. The maximum Gasteiger partial charge on any atom is 0.254 e. The van der Waals surface area contributed by atoms with E-state index in [9.17, 15) is 13.2 Å². The van der Waals surface area contributed by atoms with Gasteiger partial charge in [0.25, 0.3) is 5.91 Å². The Kier molecular flexibility index (Phi) is 4.30. The van der Waals surface area contributed by atoms with E-state index >= 15 is 0 Å². The number of hydrogen-bond acceptors (Lipinski definition) is 3. The molecule has 23 heavy (non-hydrogen) atoms. The molecule has 3 rings (SSSR count). The van der Waals surface area contributed by atoms with Crippen LogP contribution in [0.4, 0.5) is 0 Å². The van der Waals surface area contributed by atoms with E-state index in [1.54, 1.807) is 35.2 Å². The van der Waals surface area contributed by atoms with Crippen LogP contribution in [0.5, 0.6) is 0 Å². The first-order valence-corrected chi connectivity index (χ1v) is 9.08. The number of carbonyl (C=O) groups excluding carboxylic acids is 1. The van der Waals surface area contributed by atoms with Crippen LogP contribution in [0.15, 0.2) is 72.1 Å². The molecule has 1 heterocycles. The summed E-state index contributed by atoms with van der Waals surface area (Å²) in [5.74, 6) is -0.223. The molecule has 0 aliphatic carbocycles. The van der Waals surface area contributed by atoms with E-state index in [1.165, 1.54) is 5.41 Å². The normalized spacial score (nSPS) is 18.7. The molecule has 0 radical (unpaired) electrons. The molecule has 1 atom stereocenters. The van der Waals surface area contributed by atoms with Crippen molar-refractivity contribution in [1.29, 1.82) is 0 Å². The Balaban J connectivity index is 1.90. The van der Waals surface area contributed by atoms with Gasteiger partial charge in [-0.25, -0.2) is 8.42 Å². The summed E-state index contributed by atoms with van der Waals surface area (Å²) in [7, 11) is -3.22. The van der Waals surface area contributed by atoms with Gasteiger partial charge in [0.05, 0.1) is 11.8 Å². The molecule has 1 unspecified atom stereocenters. The number of carbonyl (C=O) groups is 1. The number of rotatable bonds is 4. The van der Waals surface area contributed by atoms with Crippen LogP contribution in [-0.2, 0) is 16.4 Å². The second kappa shape index (κ2) is 6.38. The van der Waals surface area contributed by atoms with E-state index in [-0.39, 0.29) is 11.7 Å². The van der Waals surface area contributed by atoms with Gasteiger partial charge in [-0.1, -0.05) is 48.5 Å². The van der Waals surface area contributed by atoms with Gasteiger partial charge in [-0.3, -0.25) is 4.79 Å². The first-order chi connectivity index (χ1) is 11.1. The third-order valence-corrected chi connectivity index (χ3v) is 5.17. The van der Waals surface area contributed by atoms with Gasteiger partial charge < -0.3 is 4.90 Å². The molecule has 2 aromatic rings. The molecule has 0 saturated carbocycles. The maximum atomic E-state index is 12.8. The highest BCUT2D eigenvalue weighted by Crippen LogP contribution is 2.20. The van der Waals surface area contributed by atoms with E-state index in [2.05, 4.69) is 0 Å². The number of sulfone groups is 1. The van der Waals surface area contributed by atoms with Crippen molar-refractivity contribution in [1.82, 2.24) is 4.90 Å². The van der Waals surface area contributed by atoms with Crippen molar-refractivity contribution >= 4 is 15.7 Å². The lowest BCUT2D eigenvalue weighted by atomic mass is 10.1. The van der Waals surface area contributed by atoms with Crippen molar-refractivity contribution in [2.24, 2.45) is 0 Å². The molecule has 5 heteroatoms. The average molecular weight is 327 g/mol. The van der Waals surface area contributed by atoms with Gasteiger partial charge in [-0.05, 0) is 23.8 Å². The van der Waals surface area contributed by atoms with Crippen molar-refractivity contribution in [3.8, 4) is 0 Å². The summed E-state index contributed by atoms with van der Waals surface area (Å²) in [6, 6.07) is 18.1. The van der Waals surface area contributed by atoms with E-state index in [4.69, 9.17) is 0 Å². The van der Waals surface area contributed by atoms with Gasteiger partial charge in [-0.15, -0.1) is 0 Å². The highest BCUT2D eigenvalue weighted by molar-refractivity contribution is 7.94. The van der Waals surface area contributed by atoms with Gasteiger partial charge in [0.2, 0.25) is 0 Å². The van der Waals surface area contributed by atoms with E-state index in [0.29, 0.717) is 12.1 Å². The number of amides is 1. The summed E-state index contributed by atoms with van der Waals surface area (Å²) in [5.41, 5.74) is 1.52. The Bertz CT molecular complexity index is 814. The first kappa shape index (κ1) is 15.5. The van der Waals surface area contributed by atoms with Gasteiger partial charge in [-0.2, -0.15) is 0 Å². The van der Waals surface area contributed by atoms with Crippen LogP contribution >= 0.6 is 0 Å². The second-order valence-corrected chi connectivity index (χ2v) is 7.44. The van der Waals surface area contributed by atoms with E-state index in [0.717, 1.165) is 5.56 Å². The van der Waals surface area contributed by atoms with Crippen LogP contribution in [0.1, 0.15) is 15.9 Å². The van der Waals surface area contributed by atoms with Gasteiger partial charge in [0, 0.05) is 17.5 Å². The average Bonchev–Trinajstić information content (AvgIpc) is 2.93. The lowest BCUT2D eigenvalue weighted by molar-refractivity contribution is 0.0713. The highest BCUT2D eigenvalue weighted by atomic mass is 32.2. The molecule has 1 aliphatic rings. The zero-order chi connectivity index (χ0) is 16.3. The Morgan fingerprint density at radius 2 is 1.61 bits per heavy atom. The molecular weight excluding hydrogens is 310 g/mol. The Morgan fingerprint density at radius 1 is 1.00 bits per heavy atom. The zero-order valence-electron chi connectivity index (χ0n) is 12.5. The van der Waals surface area contributed by atoms with Crippen LogP contribution in [0.2, 0.25) is 0 Å². The quantitative estimate of drug-likeness (QED) is 0.867. The Labute approximate surface area is 136 Å². The van der Waals surface area contributed by atoms with Gasteiger partial charge in [0.15, 0.2) is 9.84 Å². The van der Waals surface area contributed by atoms with Gasteiger partial charge >= 0.3 is 0 Å². The number of benzene rings is 2. The van der Waals surface area contributed by atoms with Crippen molar-refractivity contribution < 1.29 is 13.2 Å². The SMILES string of the molecule is O=C(c1ccccc1)N(Cc1ccccc1)C1C=CS(=O)(=O)C1. The third kappa shape index (κ3) is 3.68. The molecule has 2 aromatic carbocycles. The van der Waals surface area contributed by atoms with Crippen molar-refractivity contribution in [3.05, 3.63) is 83.3 Å². The summed E-state index contributed by atoms with van der Waals surface area (Å²) >= 11 is 0. The minimum atomic E-state index is -3.22. The summed E-state index contributed by atoms with van der Waals surface area (Å²) in [5, 5.41) is 1.20. The van der Waals surface area contributed by atoms with Crippen LogP contribution in [0.3, 0.4) is 0 Å². The number of hydrogen-bond donors (Lipinski definition) is 0. The first-order valence-electron chi connectivity index (χ1n) is 7.36. The van der Waals surface area contributed by atoms with E-state index in [1.807, 2.05) is 36.4 Å². The van der Waals surface area contributed by atoms with Crippen LogP contribution in [-0.4, -0.2) is 31.0 Å². The lowest BCUT2D eigenvalue weighted by Crippen LogP contribution is -2.40. The fourth-order valence-electron chi connectivity index (χ4n) is 2.62. The van der Waals surface area contributed by atoms with Gasteiger partial charge in [0.1, 0.15) is 0 Å². The summed E-state index contributed by atoms with van der Waals surface area (Å²) in [6.07, 6.45) is 1.60. The molecule has 0 spiro atoms. The molecule has 1 aliphatic heterocycles. The maximum absolute atomic E-state index is 12.8. The van der Waals surface area contributed by atoms with Crippen LogP contribution in [0.25, 0.3) is 0 Å². The topological polar surface area (TPSA) is 54.5 Å². The predicted octanol–water partition coefficient (Wildman–Crippen LogP) is 2.64. The fraction of sp³-hybridized carbons (Fsp3) is 0.167. The molecule has 1 amide bonds. The minimum Gasteiger partial charge on any atom is -0.327 e. The van der Waals surface area contributed by atoms with Crippen molar-refractivity contribution in [2.75, 3.05) is 5.75 Å². The Morgan fingerprint density at radius 3 is 2.17 bits per heavy atom. The smallest absolute Gasteiger partial charge is 0.254 e. The molecule has 0 N–H and O–H groups in total. The second-order valence-electron chi connectivity index (χ2n) is 5.51.